The van der Waals surface area contributed by atoms with E-state index < -0.39 is 8.32 Å². The van der Waals surface area contributed by atoms with Gasteiger partial charge in [0.25, 0.3) is 0 Å². The lowest BCUT2D eigenvalue weighted by Crippen LogP contribution is -2.31. The largest absolute Gasteiger partial charge is 0.420 e. The van der Waals surface area contributed by atoms with Crippen LogP contribution in [-0.4, -0.2) is 21.2 Å². The van der Waals surface area contributed by atoms with Crippen LogP contribution in [0.1, 0.15) is 6.92 Å². The molecule has 0 fully saturated rings. The molecule has 0 aliphatic heterocycles. The lowest BCUT2D eigenvalue weighted by Gasteiger charge is -2.22. The lowest BCUT2D eigenvalue weighted by molar-refractivity contribution is 0.396. The van der Waals surface area contributed by atoms with Gasteiger partial charge in [-0.3, -0.25) is 0 Å². The topological polar surface area (TPSA) is 9.23 Å². The summed E-state index contributed by atoms with van der Waals surface area (Å²) >= 11 is 4.23. The van der Waals surface area contributed by atoms with Gasteiger partial charge in [0.15, 0.2) is 8.32 Å². The Bertz CT molecular complexity index is 95.6. The molecule has 0 aromatic heterocycles. The third-order valence-electron chi connectivity index (χ3n) is 1.70. The molecule has 0 rings (SSSR count). The first-order chi connectivity index (χ1) is 4.52. The zero-order valence-corrected chi connectivity index (χ0v) is 9.24. The summed E-state index contributed by atoms with van der Waals surface area (Å²) in [4.78, 5) is 0. The second kappa shape index (κ2) is 4.41. The van der Waals surface area contributed by atoms with Crippen LogP contribution in [0.25, 0.3) is 0 Å². The molecule has 0 N–H and O–H groups in total. The number of rotatable bonds is 4. The van der Waals surface area contributed by atoms with E-state index in [1.807, 2.05) is 7.11 Å². The van der Waals surface area contributed by atoms with Gasteiger partial charge in [-0.25, -0.2) is 0 Å². The average molecular weight is 178 g/mol. The van der Waals surface area contributed by atoms with E-state index in [0.717, 1.165) is 5.75 Å². The molecule has 1 unspecified atom stereocenters. The fourth-order valence-electron chi connectivity index (χ4n) is 0.987. The Morgan fingerprint density at radius 3 is 2.30 bits per heavy atom. The second-order valence-electron chi connectivity index (χ2n) is 3.46. The molecular weight excluding hydrogens is 160 g/mol. The molecular formula is C7H18OSSi. The molecule has 0 amide bonds. The summed E-state index contributed by atoms with van der Waals surface area (Å²) in [5, 5.41) is 0. The lowest BCUT2D eigenvalue weighted by atomic mass is 10.3. The van der Waals surface area contributed by atoms with Crippen molar-refractivity contribution in [1.29, 1.82) is 0 Å². The molecule has 10 heavy (non-hydrogen) atoms. The smallest absolute Gasteiger partial charge is 0.186 e. The molecule has 0 spiro atoms. The highest BCUT2D eigenvalue weighted by molar-refractivity contribution is 7.80. The van der Waals surface area contributed by atoms with Crippen LogP contribution in [0, 0.1) is 5.92 Å². The fraction of sp³-hybridized carbons (Fsp3) is 1.00. The Morgan fingerprint density at radius 2 is 2.00 bits per heavy atom. The van der Waals surface area contributed by atoms with E-state index in [1.165, 1.54) is 6.04 Å². The molecule has 3 heteroatoms. The van der Waals surface area contributed by atoms with Crippen LogP contribution >= 0.6 is 12.6 Å². The first kappa shape index (κ1) is 10.5. The summed E-state index contributed by atoms with van der Waals surface area (Å²) in [5.41, 5.74) is 0. The van der Waals surface area contributed by atoms with E-state index >= 15 is 0 Å². The van der Waals surface area contributed by atoms with Gasteiger partial charge in [-0.1, -0.05) is 6.92 Å². The van der Waals surface area contributed by atoms with E-state index in [0.29, 0.717) is 5.92 Å². The van der Waals surface area contributed by atoms with Crippen molar-refractivity contribution < 1.29 is 4.43 Å². The van der Waals surface area contributed by atoms with Gasteiger partial charge in [0.1, 0.15) is 0 Å². The molecule has 1 nitrogen and oxygen atoms in total. The summed E-state index contributed by atoms with van der Waals surface area (Å²) in [6, 6.07) is 1.22. The van der Waals surface area contributed by atoms with Crippen molar-refractivity contribution in [3.05, 3.63) is 0 Å². The minimum atomic E-state index is -1.31. The van der Waals surface area contributed by atoms with Crippen LogP contribution in [0.2, 0.25) is 19.1 Å². The van der Waals surface area contributed by atoms with Crippen LogP contribution in [0.5, 0.6) is 0 Å². The minimum Gasteiger partial charge on any atom is -0.420 e. The van der Waals surface area contributed by atoms with Crippen molar-refractivity contribution >= 4 is 20.9 Å². The van der Waals surface area contributed by atoms with E-state index in [4.69, 9.17) is 4.43 Å². The van der Waals surface area contributed by atoms with Gasteiger partial charge >= 0.3 is 0 Å². The Morgan fingerprint density at radius 1 is 1.50 bits per heavy atom. The first-order valence-corrected chi connectivity index (χ1v) is 7.42. The number of hydrogen-bond acceptors (Lipinski definition) is 2. The summed E-state index contributed by atoms with van der Waals surface area (Å²) in [5.74, 6) is 1.67. The molecule has 0 bridgehead atoms. The normalized spacial score (nSPS) is 15.3. The van der Waals surface area contributed by atoms with Gasteiger partial charge in [0.2, 0.25) is 0 Å². The Kier molecular flexibility index (Phi) is 4.65. The average Bonchev–Trinajstić information content (AvgIpc) is 1.87. The minimum absolute atomic E-state index is 0.699. The third kappa shape index (κ3) is 4.36. The van der Waals surface area contributed by atoms with Gasteiger partial charge < -0.3 is 4.43 Å². The predicted molar refractivity (Wildman–Crippen MR) is 52.3 cm³/mol. The van der Waals surface area contributed by atoms with E-state index in [2.05, 4.69) is 32.6 Å². The maximum atomic E-state index is 5.42. The van der Waals surface area contributed by atoms with E-state index in [-0.39, 0.29) is 0 Å². The summed E-state index contributed by atoms with van der Waals surface area (Å²) < 4.78 is 5.42. The SMILES string of the molecule is CO[Si](C)(C)CC(C)CS. The standard InChI is InChI=1S/C7H18OSSi/c1-7(5-9)6-10(3,4)8-2/h7,9H,5-6H2,1-4H3. The first-order valence-electron chi connectivity index (χ1n) is 3.68. The zero-order valence-electron chi connectivity index (χ0n) is 7.35. The molecule has 0 aromatic rings. The van der Waals surface area contributed by atoms with Gasteiger partial charge in [0, 0.05) is 7.11 Å². The molecule has 0 saturated carbocycles. The Hall–Kier alpha value is 0.527. The molecule has 0 heterocycles. The van der Waals surface area contributed by atoms with Crippen LogP contribution in [0.15, 0.2) is 0 Å². The van der Waals surface area contributed by atoms with E-state index in [9.17, 15) is 0 Å². The van der Waals surface area contributed by atoms with Crippen molar-refractivity contribution in [2.75, 3.05) is 12.9 Å². The predicted octanol–water partition coefficient (Wildman–Crippen LogP) is 2.40. The quantitative estimate of drug-likeness (QED) is 0.514. The highest BCUT2D eigenvalue weighted by Gasteiger charge is 2.22. The molecule has 0 aliphatic rings. The molecule has 62 valence electrons. The molecule has 0 saturated heterocycles. The van der Waals surface area contributed by atoms with Crippen molar-refractivity contribution in [2.24, 2.45) is 5.92 Å². The third-order valence-corrected chi connectivity index (χ3v) is 5.11. The van der Waals surface area contributed by atoms with Crippen LogP contribution in [0.3, 0.4) is 0 Å². The fourth-order valence-corrected chi connectivity index (χ4v) is 3.35. The molecule has 0 aliphatic carbocycles. The molecule has 0 aromatic carbocycles. The van der Waals surface area contributed by atoms with Crippen molar-refractivity contribution in [3.63, 3.8) is 0 Å². The van der Waals surface area contributed by atoms with Gasteiger partial charge in [-0.2, -0.15) is 12.6 Å². The van der Waals surface area contributed by atoms with Crippen molar-refractivity contribution in [3.8, 4) is 0 Å². The van der Waals surface area contributed by atoms with Gasteiger partial charge in [0.05, 0.1) is 0 Å². The second-order valence-corrected chi connectivity index (χ2v) is 8.16. The highest BCUT2D eigenvalue weighted by atomic mass is 32.1. The highest BCUT2D eigenvalue weighted by Crippen LogP contribution is 2.17. The number of hydrogen-bond donors (Lipinski definition) is 1. The number of thiol groups is 1. The Balaban J connectivity index is 3.64. The van der Waals surface area contributed by atoms with Crippen LogP contribution < -0.4 is 0 Å². The Labute approximate surface area is 70.7 Å². The van der Waals surface area contributed by atoms with Crippen molar-refractivity contribution in [1.82, 2.24) is 0 Å². The van der Waals surface area contributed by atoms with Crippen LogP contribution in [-0.2, 0) is 4.43 Å². The van der Waals surface area contributed by atoms with Gasteiger partial charge in [-0.15, -0.1) is 0 Å². The maximum Gasteiger partial charge on any atom is 0.186 e. The van der Waals surface area contributed by atoms with Crippen molar-refractivity contribution in [2.45, 2.75) is 26.1 Å². The summed E-state index contributed by atoms with van der Waals surface area (Å²) in [6.07, 6.45) is 0. The molecule has 0 radical (unpaired) electrons. The van der Waals surface area contributed by atoms with E-state index in [1.54, 1.807) is 0 Å². The monoisotopic (exact) mass is 178 g/mol. The maximum absolute atomic E-state index is 5.42. The van der Waals surface area contributed by atoms with Gasteiger partial charge in [-0.05, 0) is 30.8 Å². The summed E-state index contributed by atoms with van der Waals surface area (Å²) in [6.45, 7) is 6.71. The van der Waals surface area contributed by atoms with Crippen LogP contribution in [0.4, 0.5) is 0 Å². The summed E-state index contributed by atoms with van der Waals surface area (Å²) in [7, 11) is 0.507. The molecule has 1 atom stereocenters. The zero-order chi connectivity index (χ0) is 8.20.